The summed E-state index contributed by atoms with van der Waals surface area (Å²) in [5.41, 5.74) is 2.91. The highest BCUT2D eigenvalue weighted by Crippen LogP contribution is 2.37. The van der Waals surface area contributed by atoms with Crippen LogP contribution in [0.5, 0.6) is 0 Å². The lowest BCUT2D eigenvalue weighted by molar-refractivity contribution is 0.221. The summed E-state index contributed by atoms with van der Waals surface area (Å²) < 4.78 is 0. The first-order chi connectivity index (χ1) is 5.16. The van der Waals surface area contributed by atoms with Crippen LogP contribution < -0.4 is 0 Å². The summed E-state index contributed by atoms with van der Waals surface area (Å²) in [5, 5.41) is 9.12. The second-order valence-corrected chi connectivity index (χ2v) is 3.83. The van der Waals surface area contributed by atoms with Crippen molar-refractivity contribution in [2.75, 3.05) is 6.61 Å². The van der Waals surface area contributed by atoms with E-state index in [2.05, 4.69) is 20.8 Å². The van der Waals surface area contributed by atoms with Gasteiger partial charge in [-0.25, -0.2) is 0 Å². The maximum Gasteiger partial charge on any atom is 0.0499 e. The van der Waals surface area contributed by atoms with E-state index in [0.29, 0.717) is 18.4 Å². The van der Waals surface area contributed by atoms with E-state index < -0.39 is 0 Å². The van der Waals surface area contributed by atoms with Crippen LogP contribution in [-0.4, -0.2) is 11.7 Å². The summed E-state index contributed by atoms with van der Waals surface area (Å²) in [6, 6.07) is 0. The molecule has 1 saturated carbocycles. The third kappa shape index (κ3) is 1.64. The van der Waals surface area contributed by atoms with Crippen LogP contribution in [0.1, 0.15) is 33.6 Å². The number of rotatable bonds is 1. The summed E-state index contributed by atoms with van der Waals surface area (Å²) in [6.07, 6.45) is 2.46. The fraction of sp³-hybridized carbons (Fsp3) is 0.800. The molecule has 0 aromatic heterocycles. The van der Waals surface area contributed by atoms with Gasteiger partial charge in [-0.1, -0.05) is 18.1 Å². The minimum Gasteiger partial charge on any atom is -0.396 e. The Kier molecular flexibility index (Phi) is 2.72. The molecule has 1 heteroatoms. The molecule has 0 radical (unpaired) electrons. The maximum atomic E-state index is 9.12. The van der Waals surface area contributed by atoms with Crippen molar-refractivity contribution in [2.24, 2.45) is 11.8 Å². The van der Waals surface area contributed by atoms with Gasteiger partial charge in [-0.15, -0.1) is 0 Å². The van der Waals surface area contributed by atoms with Crippen molar-refractivity contribution in [2.45, 2.75) is 33.6 Å². The van der Waals surface area contributed by atoms with Crippen LogP contribution in [0.3, 0.4) is 0 Å². The van der Waals surface area contributed by atoms with Gasteiger partial charge in [0.1, 0.15) is 0 Å². The summed E-state index contributed by atoms with van der Waals surface area (Å²) in [6.45, 7) is 6.87. The van der Waals surface area contributed by atoms with E-state index in [1.165, 1.54) is 24.0 Å². The van der Waals surface area contributed by atoms with Crippen LogP contribution in [0.15, 0.2) is 11.1 Å². The predicted molar refractivity (Wildman–Crippen MR) is 47.3 cm³/mol. The number of aliphatic hydroxyl groups is 1. The van der Waals surface area contributed by atoms with Crippen LogP contribution in [0.25, 0.3) is 0 Å². The lowest BCUT2D eigenvalue weighted by Crippen LogP contribution is -2.11. The summed E-state index contributed by atoms with van der Waals surface area (Å²) >= 11 is 0. The van der Waals surface area contributed by atoms with Crippen molar-refractivity contribution in [3.8, 4) is 0 Å². The Hall–Kier alpha value is -0.300. The fourth-order valence-corrected chi connectivity index (χ4v) is 2.02. The van der Waals surface area contributed by atoms with Gasteiger partial charge in [0.2, 0.25) is 0 Å². The average Bonchev–Trinajstić information content (AvgIpc) is 2.30. The smallest absolute Gasteiger partial charge is 0.0499 e. The van der Waals surface area contributed by atoms with Crippen molar-refractivity contribution < 1.29 is 5.11 Å². The summed E-state index contributed by atoms with van der Waals surface area (Å²) in [5.74, 6) is 1.14. The molecule has 0 heterocycles. The normalized spacial score (nSPS) is 31.1. The fourth-order valence-electron chi connectivity index (χ4n) is 2.02. The molecule has 0 aromatic carbocycles. The third-order valence-electron chi connectivity index (χ3n) is 2.84. The van der Waals surface area contributed by atoms with E-state index in [4.69, 9.17) is 5.11 Å². The van der Waals surface area contributed by atoms with Gasteiger partial charge in [0.05, 0.1) is 0 Å². The molecule has 0 amide bonds. The van der Waals surface area contributed by atoms with Gasteiger partial charge < -0.3 is 5.11 Å². The van der Waals surface area contributed by atoms with Crippen molar-refractivity contribution in [1.82, 2.24) is 0 Å². The average molecular weight is 154 g/mol. The van der Waals surface area contributed by atoms with Crippen molar-refractivity contribution in [3.05, 3.63) is 11.1 Å². The van der Waals surface area contributed by atoms with Crippen molar-refractivity contribution >= 4 is 0 Å². The second kappa shape index (κ2) is 3.40. The van der Waals surface area contributed by atoms with Gasteiger partial charge in [0.25, 0.3) is 0 Å². The first-order valence-corrected chi connectivity index (χ1v) is 4.44. The molecule has 64 valence electrons. The first kappa shape index (κ1) is 8.79. The van der Waals surface area contributed by atoms with E-state index in [1.807, 2.05) is 0 Å². The van der Waals surface area contributed by atoms with E-state index >= 15 is 0 Å². The van der Waals surface area contributed by atoms with Crippen molar-refractivity contribution in [3.63, 3.8) is 0 Å². The topological polar surface area (TPSA) is 20.2 Å². The maximum absolute atomic E-state index is 9.12. The van der Waals surface area contributed by atoms with Gasteiger partial charge in [-0.2, -0.15) is 0 Å². The zero-order chi connectivity index (χ0) is 8.43. The zero-order valence-electron chi connectivity index (χ0n) is 7.72. The van der Waals surface area contributed by atoms with Gasteiger partial charge >= 0.3 is 0 Å². The minimum atomic E-state index is 0.335. The Labute approximate surface area is 69.1 Å². The SMILES string of the molecule is CC(C)=C1CC[C@@H](C)[C@@H]1CO. The first-order valence-electron chi connectivity index (χ1n) is 4.44. The highest BCUT2D eigenvalue weighted by Gasteiger charge is 2.27. The number of aliphatic hydroxyl groups excluding tert-OH is 1. The molecule has 1 fully saturated rings. The number of allylic oxidation sites excluding steroid dienone is 1. The predicted octanol–water partition coefficient (Wildman–Crippen LogP) is 2.36. The van der Waals surface area contributed by atoms with Crippen LogP contribution in [0.4, 0.5) is 0 Å². The molecule has 0 aliphatic heterocycles. The lowest BCUT2D eigenvalue weighted by atomic mass is 9.93. The molecule has 0 saturated heterocycles. The van der Waals surface area contributed by atoms with E-state index in [0.717, 1.165) is 0 Å². The molecular weight excluding hydrogens is 136 g/mol. The van der Waals surface area contributed by atoms with Crippen molar-refractivity contribution in [1.29, 1.82) is 0 Å². The Bertz CT molecular complexity index is 166. The molecule has 1 N–H and O–H groups in total. The zero-order valence-corrected chi connectivity index (χ0v) is 7.72. The quantitative estimate of drug-likeness (QED) is 0.575. The molecule has 1 rings (SSSR count). The molecule has 0 spiro atoms. The van der Waals surface area contributed by atoms with Crippen LogP contribution >= 0.6 is 0 Å². The lowest BCUT2D eigenvalue weighted by Gasteiger charge is -2.14. The highest BCUT2D eigenvalue weighted by atomic mass is 16.3. The molecule has 0 aromatic rings. The molecule has 0 bridgehead atoms. The van der Waals surface area contributed by atoms with E-state index in [9.17, 15) is 0 Å². The summed E-state index contributed by atoms with van der Waals surface area (Å²) in [7, 11) is 0. The molecule has 1 aliphatic rings. The van der Waals surface area contributed by atoms with Gasteiger partial charge in [-0.05, 0) is 32.6 Å². The van der Waals surface area contributed by atoms with Gasteiger partial charge in [-0.3, -0.25) is 0 Å². The van der Waals surface area contributed by atoms with Crippen LogP contribution in [-0.2, 0) is 0 Å². The largest absolute Gasteiger partial charge is 0.396 e. The Morgan fingerprint density at radius 1 is 1.55 bits per heavy atom. The molecule has 0 unspecified atom stereocenters. The Morgan fingerprint density at radius 2 is 2.18 bits per heavy atom. The standard InChI is InChI=1S/C10H18O/c1-7(2)9-5-4-8(3)10(9)6-11/h8,10-11H,4-6H2,1-3H3/t8-,10+/m1/s1. The highest BCUT2D eigenvalue weighted by molar-refractivity contribution is 5.18. The van der Waals surface area contributed by atoms with Gasteiger partial charge in [0.15, 0.2) is 0 Å². The molecule has 2 atom stereocenters. The van der Waals surface area contributed by atoms with E-state index in [1.54, 1.807) is 0 Å². The van der Waals surface area contributed by atoms with E-state index in [-0.39, 0.29) is 0 Å². The van der Waals surface area contributed by atoms with Crippen LogP contribution in [0, 0.1) is 11.8 Å². The summed E-state index contributed by atoms with van der Waals surface area (Å²) in [4.78, 5) is 0. The van der Waals surface area contributed by atoms with Gasteiger partial charge in [0, 0.05) is 12.5 Å². The molecule has 1 aliphatic carbocycles. The third-order valence-corrected chi connectivity index (χ3v) is 2.84. The monoisotopic (exact) mass is 154 g/mol. The number of hydrogen-bond acceptors (Lipinski definition) is 1. The van der Waals surface area contributed by atoms with Crippen LogP contribution in [0.2, 0.25) is 0 Å². The Balaban J connectivity index is 2.77. The minimum absolute atomic E-state index is 0.335. The second-order valence-electron chi connectivity index (χ2n) is 3.83. The molecule has 11 heavy (non-hydrogen) atoms. The number of hydrogen-bond donors (Lipinski definition) is 1. The molecular formula is C10H18O. The molecule has 1 nitrogen and oxygen atoms in total. The Morgan fingerprint density at radius 3 is 2.55 bits per heavy atom.